The zero-order valence-corrected chi connectivity index (χ0v) is 12.5. The number of aromatic amines is 1. The van der Waals surface area contributed by atoms with Gasteiger partial charge < -0.3 is 20.7 Å². The number of aromatic nitrogens is 4. The molecule has 0 aromatic carbocycles. The Hall–Kier alpha value is -2.37. The van der Waals surface area contributed by atoms with Crippen LogP contribution in [0.5, 0.6) is 0 Å². The molecule has 3 heterocycles. The van der Waals surface area contributed by atoms with Gasteiger partial charge in [-0.1, -0.05) is 6.58 Å². The van der Waals surface area contributed by atoms with Crippen LogP contribution in [0, 0.1) is 0 Å². The molecule has 0 radical (unpaired) electrons. The number of hydrogen-bond donors (Lipinski definition) is 4. The topological polar surface area (TPSA) is 139 Å². The van der Waals surface area contributed by atoms with E-state index in [1.807, 2.05) is 0 Å². The van der Waals surface area contributed by atoms with Gasteiger partial charge in [0.15, 0.2) is 23.5 Å². The first kappa shape index (κ1) is 16.5. The highest BCUT2D eigenvalue weighted by Crippen LogP contribution is 2.51. The molecule has 0 amide bonds. The Labute approximate surface area is 133 Å². The standard InChI is InChI=1S/C13H15F2N5O4/c1-5(2)13(15)9(23)12(14,3-21)24-10(13)20-4-17-6-7(20)18-11(16)19-8(6)22/h4,9-10,21,23H,1,3H2,2H3,(H3,16,18,19,22). The van der Waals surface area contributed by atoms with E-state index >= 15 is 4.39 Å². The number of nitrogens with zero attached hydrogens (tertiary/aromatic N) is 3. The van der Waals surface area contributed by atoms with E-state index in [4.69, 9.17) is 15.6 Å². The summed E-state index contributed by atoms with van der Waals surface area (Å²) in [5, 5.41) is 19.2. The van der Waals surface area contributed by atoms with Crippen LogP contribution in [-0.4, -0.2) is 54.0 Å². The zero-order valence-electron chi connectivity index (χ0n) is 12.5. The lowest BCUT2D eigenvalue weighted by Crippen LogP contribution is -2.48. The monoisotopic (exact) mass is 343 g/mol. The molecule has 3 rings (SSSR count). The van der Waals surface area contributed by atoms with Gasteiger partial charge in [0.25, 0.3) is 11.4 Å². The fourth-order valence-electron chi connectivity index (χ4n) is 2.73. The molecule has 130 valence electrons. The van der Waals surface area contributed by atoms with Gasteiger partial charge in [-0.2, -0.15) is 4.98 Å². The number of hydrogen-bond acceptors (Lipinski definition) is 7. The van der Waals surface area contributed by atoms with E-state index in [2.05, 4.69) is 21.5 Å². The van der Waals surface area contributed by atoms with Gasteiger partial charge in [-0.3, -0.25) is 14.3 Å². The number of rotatable bonds is 3. The second-order valence-electron chi connectivity index (χ2n) is 5.64. The van der Waals surface area contributed by atoms with E-state index in [0.717, 1.165) is 10.9 Å². The molecule has 5 N–H and O–H groups in total. The predicted octanol–water partition coefficient (Wildman–Crippen LogP) is -0.466. The number of nitrogens with one attached hydrogen (secondary N) is 1. The summed E-state index contributed by atoms with van der Waals surface area (Å²) < 4.78 is 35.9. The van der Waals surface area contributed by atoms with Crippen LogP contribution in [-0.2, 0) is 4.74 Å². The van der Waals surface area contributed by atoms with Crippen molar-refractivity contribution in [1.29, 1.82) is 0 Å². The van der Waals surface area contributed by atoms with Crippen LogP contribution in [0.25, 0.3) is 11.2 Å². The molecule has 0 spiro atoms. The minimum atomic E-state index is -3.07. The van der Waals surface area contributed by atoms with E-state index < -0.39 is 36.0 Å². The van der Waals surface area contributed by atoms with E-state index in [9.17, 15) is 14.3 Å². The third kappa shape index (κ3) is 1.98. The molecule has 11 heteroatoms. The summed E-state index contributed by atoms with van der Waals surface area (Å²) in [6.45, 7) is 3.37. The molecule has 1 fully saturated rings. The third-order valence-electron chi connectivity index (χ3n) is 4.05. The normalized spacial score (nSPS) is 33.2. The Morgan fingerprint density at radius 3 is 2.88 bits per heavy atom. The zero-order chi connectivity index (χ0) is 17.9. The van der Waals surface area contributed by atoms with E-state index in [0.29, 0.717) is 0 Å². The van der Waals surface area contributed by atoms with Crippen molar-refractivity contribution in [2.24, 2.45) is 0 Å². The number of fused-ring (bicyclic) bond motifs is 1. The lowest BCUT2D eigenvalue weighted by Gasteiger charge is -2.29. The first-order valence-corrected chi connectivity index (χ1v) is 6.88. The summed E-state index contributed by atoms with van der Waals surface area (Å²) in [7, 11) is 0. The van der Waals surface area contributed by atoms with Crippen LogP contribution in [0.4, 0.5) is 14.7 Å². The maximum Gasteiger partial charge on any atom is 0.280 e. The Morgan fingerprint density at radius 2 is 2.29 bits per heavy atom. The van der Waals surface area contributed by atoms with Gasteiger partial charge in [0.05, 0.1) is 6.33 Å². The summed E-state index contributed by atoms with van der Waals surface area (Å²) in [6.07, 6.45) is -3.15. The SMILES string of the molecule is C=C(C)C1(F)C(n2cnc3c(=O)[nH]c(N)nc32)OC(F)(CO)C1O. The summed E-state index contributed by atoms with van der Waals surface area (Å²) in [5.41, 5.74) is 1.40. The lowest BCUT2D eigenvalue weighted by molar-refractivity contribution is -0.206. The fraction of sp³-hybridized carbons (Fsp3) is 0.462. The Balaban J connectivity index is 2.25. The minimum Gasteiger partial charge on any atom is -0.390 e. The van der Waals surface area contributed by atoms with Gasteiger partial charge in [-0.05, 0) is 12.5 Å². The molecule has 9 nitrogen and oxygen atoms in total. The van der Waals surface area contributed by atoms with Crippen LogP contribution >= 0.6 is 0 Å². The number of ether oxygens (including phenoxy) is 1. The Morgan fingerprint density at radius 1 is 1.62 bits per heavy atom. The molecule has 2 aromatic heterocycles. The molecular weight excluding hydrogens is 328 g/mol. The van der Waals surface area contributed by atoms with Crippen molar-refractivity contribution in [3.05, 3.63) is 28.8 Å². The average molecular weight is 343 g/mol. The summed E-state index contributed by atoms with van der Waals surface area (Å²) >= 11 is 0. The van der Waals surface area contributed by atoms with E-state index in [1.165, 1.54) is 6.92 Å². The molecule has 4 unspecified atom stereocenters. The molecule has 0 aliphatic carbocycles. The Kier molecular flexibility index (Phi) is 3.48. The number of aliphatic hydroxyl groups excluding tert-OH is 2. The number of nitrogen functional groups attached to an aromatic ring is 1. The first-order chi connectivity index (χ1) is 11.1. The van der Waals surface area contributed by atoms with Gasteiger partial charge >= 0.3 is 0 Å². The smallest absolute Gasteiger partial charge is 0.280 e. The summed E-state index contributed by atoms with van der Waals surface area (Å²) in [6, 6.07) is 0. The number of imidazole rings is 1. The predicted molar refractivity (Wildman–Crippen MR) is 78.3 cm³/mol. The minimum absolute atomic E-state index is 0.168. The molecule has 1 aliphatic rings. The highest BCUT2D eigenvalue weighted by molar-refractivity contribution is 5.70. The van der Waals surface area contributed by atoms with Crippen molar-refractivity contribution in [2.75, 3.05) is 12.3 Å². The summed E-state index contributed by atoms with van der Waals surface area (Å²) in [5.74, 6) is -3.33. The highest BCUT2D eigenvalue weighted by atomic mass is 19.2. The third-order valence-corrected chi connectivity index (χ3v) is 4.05. The number of halogens is 2. The first-order valence-electron chi connectivity index (χ1n) is 6.88. The van der Waals surface area contributed by atoms with Crippen molar-refractivity contribution in [1.82, 2.24) is 19.5 Å². The van der Waals surface area contributed by atoms with Gasteiger partial charge in [-0.15, -0.1) is 0 Å². The average Bonchev–Trinajstić information content (AvgIpc) is 3.01. The van der Waals surface area contributed by atoms with Crippen molar-refractivity contribution >= 4 is 17.1 Å². The van der Waals surface area contributed by atoms with Crippen molar-refractivity contribution in [2.45, 2.75) is 30.8 Å². The van der Waals surface area contributed by atoms with Crippen molar-refractivity contribution in [3.8, 4) is 0 Å². The number of H-pyrrole nitrogens is 1. The fourth-order valence-corrected chi connectivity index (χ4v) is 2.73. The highest BCUT2D eigenvalue weighted by Gasteiger charge is 2.67. The number of aliphatic hydroxyl groups is 2. The van der Waals surface area contributed by atoms with E-state index in [-0.39, 0.29) is 22.7 Å². The maximum absolute atomic E-state index is 15.4. The van der Waals surface area contributed by atoms with Gasteiger partial charge in [0.2, 0.25) is 11.6 Å². The molecule has 24 heavy (non-hydrogen) atoms. The Bertz CT molecular complexity index is 883. The second-order valence-corrected chi connectivity index (χ2v) is 5.64. The second kappa shape index (κ2) is 5.06. The number of anilines is 1. The van der Waals surface area contributed by atoms with Crippen LogP contribution < -0.4 is 11.3 Å². The van der Waals surface area contributed by atoms with Gasteiger partial charge in [0.1, 0.15) is 6.61 Å². The van der Waals surface area contributed by atoms with Crippen LogP contribution in [0.1, 0.15) is 13.2 Å². The molecule has 0 bridgehead atoms. The van der Waals surface area contributed by atoms with Crippen LogP contribution in [0.15, 0.2) is 23.3 Å². The molecular formula is C13H15F2N5O4. The number of nitrogens with two attached hydrogens (primary N) is 1. The van der Waals surface area contributed by atoms with Crippen molar-refractivity contribution < 1.29 is 23.7 Å². The van der Waals surface area contributed by atoms with Gasteiger partial charge in [-0.25, -0.2) is 13.8 Å². The quantitative estimate of drug-likeness (QED) is 0.553. The molecule has 1 saturated heterocycles. The molecule has 4 atom stereocenters. The van der Waals surface area contributed by atoms with Crippen LogP contribution in [0.3, 0.4) is 0 Å². The van der Waals surface area contributed by atoms with Crippen LogP contribution in [0.2, 0.25) is 0 Å². The van der Waals surface area contributed by atoms with E-state index in [1.54, 1.807) is 0 Å². The molecule has 1 aliphatic heterocycles. The number of alkyl halides is 2. The lowest BCUT2D eigenvalue weighted by atomic mass is 9.88. The van der Waals surface area contributed by atoms with Crippen molar-refractivity contribution in [3.63, 3.8) is 0 Å². The largest absolute Gasteiger partial charge is 0.390 e. The molecule has 2 aromatic rings. The van der Waals surface area contributed by atoms with Gasteiger partial charge in [0, 0.05) is 0 Å². The summed E-state index contributed by atoms with van der Waals surface area (Å²) in [4.78, 5) is 21.7. The molecule has 0 saturated carbocycles. The maximum atomic E-state index is 15.4.